The molecule has 0 aliphatic heterocycles. The molecule has 0 aromatic carbocycles. The summed E-state index contributed by atoms with van der Waals surface area (Å²) in [5, 5.41) is 9.32. The standard InChI is InChI=1S/C8H16O/c1-3-8(7(2)9)5-4-6-8/h7,9H,3-6H2,1-2H3. The summed E-state index contributed by atoms with van der Waals surface area (Å²) < 4.78 is 0. The molecule has 1 heteroatoms. The number of hydrogen-bond acceptors (Lipinski definition) is 1. The lowest BCUT2D eigenvalue weighted by Gasteiger charge is -2.43. The zero-order chi connectivity index (χ0) is 6.91. The van der Waals surface area contributed by atoms with Gasteiger partial charge in [-0.15, -0.1) is 0 Å². The molecule has 1 aliphatic rings. The second kappa shape index (κ2) is 2.30. The molecule has 0 aromatic rings. The van der Waals surface area contributed by atoms with Gasteiger partial charge in [-0.25, -0.2) is 0 Å². The van der Waals surface area contributed by atoms with Gasteiger partial charge >= 0.3 is 0 Å². The van der Waals surface area contributed by atoms with Crippen LogP contribution in [0.5, 0.6) is 0 Å². The zero-order valence-electron chi connectivity index (χ0n) is 6.35. The van der Waals surface area contributed by atoms with E-state index >= 15 is 0 Å². The first-order chi connectivity index (χ1) is 4.21. The van der Waals surface area contributed by atoms with Crippen LogP contribution in [-0.4, -0.2) is 11.2 Å². The van der Waals surface area contributed by atoms with E-state index in [1.54, 1.807) is 0 Å². The Bertz CT molecular complexity index is 87.2. The molecule has 1 N–H and O–H groups in total. The van der Waals surface area contributed by atoms with Crippen molar-refractivity contribution in [2.45, 2.75) is 45.6 Å². The van der Waals surface area contributed by atoms with E-state index in [0.717, 1.165) is 6.42 Å². The molecule has 1 saturated carbocycles. The first kappa shape index (κ1) is 7.07. The quantitative estimate of drug-likeness (QED) is 0.602. The van der Waals surface area contributed by atoms with Gasteiger partial charge in [-0.1, -0.05) is 13.3 Å². The van der Waals surface area contributed by atoms with Crippen LogP contribution in [0.3, 0.4) is 0 Å². The van der Waals surface area contributed by atoms with Crippen molar-refractivity contribution in [2.24, 2.45) is 5.41 Å². The lowest BCUT2D eigenvalue weighted by Crippen LogP contribution is -2.38. The molecular formula is C8H16O. The summed E-state index contributed by atoms with van der Waals surface area (Å²) in [5.74, 6) is 0. The molecule has 0 bridgehead atoms. The van der Waals surface area contributed by atoms with E-state index in [9.17, 15) is 5.11 Å². The van der Waals surface area contributed by atoms with Gasteiger partial charge in [0.1, 0.15) is 0 Å². The molecular weight excluding hydrogens is 112 g/mol. The second-order valence-corrected chi connectivity index (χ2v) is 3.25. The van der Waals surface area contributed by atoms with Gasteiger partial charge in [-0.3, -0.25) is 0 Å². The van der Waals surface area contributed by atoms with Crippen LogP contribution in [0, 0.1) is 5.41 Å². The molecule has 1 unspecified atom stereocenters. The van der Waals surface area contributed by atoms with E-state index < -0.39 is 0 Å². The van der Waals surface area contributed by atoms with Gasteiger partial charge in [0.05, 0.1) is 6.10 Å². The van der Waals surface area contributed by atoms with E-state index in [0.29, 0.717) is 5.41 Å². The van der Waals surface area contributed by atoms with Crippen LogP contribution in [0.15, 0.2) is 0 Å². The molecule has 1 fully saturated rings. The zero-order valence-corrected chi connectivity index (χ0v) is 6.35. The normalized spacial score (nSPS) is 27.0. The molecule has 54 valence electrons. The van der Waals surface area contributed by atoms with E-state index in [1.807, 2.05) is 6.92 Å². The van der Waals surface area contributed by atoms with Gasteiger partial charge < -0.3 is 5.11 Å². The molecule has 1 atom stereocenters. The number of aliphatic hydroxyl groups is 1. The molecule has 1 rings (SSSR count). The number of aliphatic hydroxyl groups excluding tert-OH is 1. The Kier molecular flexibility index (Phi) is 1.80. The van der Waals surface area contributed by atoms with Crippen molar-refractivity contribution in [3.05, 3.63) is 0 Å². The fourth-order valence-electron chi connectivity index (χ4n) is 1.70. The van der Waals surface area contributed by atoms with Gasteiger partial charge in [0.2, 0.25) is 0 Å². The Labute approximate surface area is 57.1 Å². The van der Waals surface area contributed by atoms with Crippen LogP contribution < -0.4 is 0 Å². The third-order valence-corrected chi connectivity index (χ3v) is 2.94. The highest BCUT2D eigenvalue weighted by atomic mass is 16.3. The average molecular weight is 128 g/mol. The topological polar surface area (TPSA) is 20.2 Å². The van der Waals surface area contributed by atoms with Crippen LogP contribution in [-0.2, 0) is 0 Å². The molecule has 1 nitrogen and oxygen atoms in total. The highest BCUT2D eigenvalue weighted by Crippen LogP contribution is 2.46. The maximum atomic E-state index is 9.32. The highest BCUT2D eigenvalue weighted by Gasteiger charge is 2.39. The smallest absolute Gasteiger partial charge is 0.0568 e. The summed E-state index contributed by atoms with van der Waals surface area (Å²) >= 11 is 0. The van der Waals surface area contributed by atoms with E-state index in [2.05, 4.69) is 6.92 Å². The van der Waals surface area contributed by atoms with Gasteiger partial charge in [-0.05, 0) is 31.6 Å². The second-order valence-electron chi connectivity index (χ2n) is 3.25. The maximum absolute atomic E-state index is 9.32. The van der Waals surface area contributed by atoms with Crippen LogP contribution in [0.1, 0.15) is 39.5 Å². The van der Waals surface area contributed by atoms with Crippen molar-refractivity contribution < 1.29 is 5.11 Å². The molecule has 0 radical (unpaired) electrons. The van der Waals surface area contributed by atoms with E-state index in [1.165, 1.54) is 19.3 Å². The van der Waals surface area contributed by atoms with Crippen LogP contribution in [0.2, 0.25) is 0 Å². The monoisotopic (exact) mass is 128 g/mol. The minimum Gasteiger partial charge on any atom is -0.393 e. The van der Waals surface area contributed by atoms with Crippen molar-refractivity contribution in [1.29, 1.82) is 0 Å². The van der Waals surface area contributed by atoms with Gasteiger partial charge in [0, 0.05) is 0 Å². The van der Waals surface area contributed by atoms with Gasteiger partial charge in [0.15, 0.2) is 0 Å². The first-order valence-corrected chi connectivity index (χ1v) is 3.89. The molecule has 0 saturated heterocycles. The SMILES string of the molecule is CCC1(C(C)O)CCC1. The molecule has 0 amide bonds. The summed E-state index contributed by atoms with van der Waals surface area (Å²) in [4.78, 5) is 0. The van der Waals surface area contributed by atoms with Crippen LogP contribution >= 0.6 is 0 Å². The number of hydrogen-bond donors (Lipinski definition) is 1. The lowest BCUT2D eigenvalue weighted by molar-refractivity contribution is -0.0259. The third-order valence-electron chi connectivity index (χ3n) is 2.94. The highest BCUT2D eigenvalue weighted by molar-refractivity contribution is 4.90. The fourth-order valence-corrected chi connectivity index (χ4v) is 1.70. The van der Waals surface area contributed by atoms with Crippen molar-refractivity contribution in [3.8, 4) is 0 Å². The minimum atomic E-state index is -0.0868. The molecule has 0 heterocycles. The van der Waals surface area contributed by atoms with Gasteiger partial charge in [-0.2, -0.15) is 0 Å². The van der Waals surface area contributed by atoms with Crippen molar-refractivity contribution in [2.75, 3.05) is 0 Å². The summed E-state index contributed by atoms with van der Waals surface area (Å²) in [6.07, 6.45) is 4.85. The Hall–Kier alpha value is -0.0400. The van der Waals surface area contributed by atoms with Crippen molar-refractivity contribution >= 4 is 0 Å². The average Bonchev–Trinajstić information content (AvgIpc) is 1.62. The summed E-state index contributed by atoms with van der Waals surface area (Å²) in [5.41, 5.74) is 0.319. The van der Waals surface area contributed by atoms with Crippen molar-refractivity contribution in [1.82, 2.24) is 0 Å². The maximum Gasteiger partial charge on any atom is 0.0568 e. The predicted molar refractivity (Wildman–Crippen MR) is 38.3 cm³/mol. The Balaban J connectivity index is 2.46. The molecule has 0 spiro atoms. The Morgan fingerprint density at radius 3 is 2.11 bits per heavy atom. The van der Waals surface area contributed by atoms with Crippen molar-refractivity contribution in [3.63, 3.8) is 0 Å². The Morgan fingerprint density at radius 2 is 2.11 bits per heavy atom. The molecule has 9 heavy (non-hydrogen) atoms. The summed E-state index contributed by atoms with van der Waals surface area (Å²) in [6, 6.07) is 0. The largest absolute Gasteiger partial charge is 0.393 e. The molecule has 0 aromatic heterocycles. The molecule has 1 aliphatic carbocycles. The summed E-state index contributed by atoms with van der Waals surface area (Å²) in [7, 11) is 0. The lowest BCUT2D eigenvalue weighted by atomic mass is 9.64. The van der Waals surface area contributed by atoms with Crippen LogP contribution in [0.25, 0.3) is 0 Å². The van der Waals surface area contributed by atoms with Gasteiger partial charge in [0.25, 0.3) is 0 Å². The first-order valence-electron chi connectivity index (χ1n) is 3.89. The minimum absolute atomic E-state index is 0.0868. The fraction of sp³-hybridized carbons (Fsp3) is 1.00. The summed E-state index contributed by atoms with van der Waals surface area (Å²) in [6.45, 7) is 4.09. The number of rotatable bonds is 2. The third kappa shape index (κ3) is 0.983. The predicted octanol–water partition coefficient (Wildman–Crippen LogP) is 1.95. The van der Waals surface area contributed by atoms with E-state index in [-0.39, 0.29) is 6.10 Å². The van der Waals surface area contributed by atoms with Crippen LogP contribution in [0.4, 0.5) is 0 Å². The Morgan fingerprint density at radius 1 is 1.56 bits per heavy atom. The van der Waals surface area contributed by atoms with E-state index in [4.69, 9.17) is 0 Å².